The molecule has 1 unspecified atom stereocenters. The minimum absolute atomic E-state index is 0.0254. The number of ether oxygens (including phenoxy) is 4. The van der Waals surface area contributed by atoms with Gasteiger partial charge in [0.25, 0.3) is 0 Å². The molecule has 0 amide bonds. The first-order valence-electron chi connectivity index (χ1n) is 20.7. The standard InChI is InChI=1S/C43H63ClN4O10Si2/c1-43(2,3)60(7,8)58-35-24-56-39-34(23-55-40(35)39)57-42-47-41-31(48(42)25-54-17-18-59(4,5)6)19-30(44)36(46-41)29-15-13-28(14-16-29)27-11-9-26(10-12-27)20-45-21-32(50)37(52)38(53)33(51)22-49/h9-16,19,32-35,37-40,45,49-53H,17-18,20-25H2,1-8H3/t32-,33+,34+,35?,37+,38+,39+,40+/m0/s1. The molecule has 0 radical (unpaired) electrons. The van der Waals surface area contributed by atoms with Crippen LogP contribution in [-0.2, 0) is 31.9 Å². The molecule has 2 aliphatic heterocycles. The summed E-state index contributed by atoms with van der Waals surface area (Å²) in [6.07, 6.45) is -7.23. The largest absolute Gasteiger partial charge is 0.456 e. The summed E-state index contributed by atoms with van der Waals surface area (Å²) in [4.78, 5) is 9.84. The van der Waals surface area contributed by atoms with E-state index in [0.717, 1.165) is 28.3 Å². The highest BCUT2D eigenvalue weighted by Crippen LogP contribution is 2.41. The molecule has 330 valence electrons. The highest BCUT2D eigenvalue weighted by molar-refractivity contribution is 6.76. The van der Waals surface area contributed by atoms with Crippen molar-refractivity contribution >= 4 is 39.2 Å². The molecule has 8 atom stereocenters. The number of nitrogens with one attached hydrogen (secondary N) is 1. The van der Waals surface area contributed by atoms with Gasteiger partial charge in [-0.15, -0.1) is 0 Å². The Morgan fingerprint density at radius 3 is 2.05 bits per heavy atom. The summed E-state index contributed by atoms with van der Waals surface area (Å²) >= 11 is 6.97. The molecule has 2 aromatic heterocycles. The van der Waals surface area contributed by atoms with E-state index in [1.165, 1.54) is 0 Å². The molecule has 6 rings (SSSR count). The maximum atomic E-state index is 10.2. The van der Waals surface area contributed by atoms with Crippen LogP contribution in [0.4, 0.5) is 0 Å². The molecule has 2 aromatic carbocycles. The summed E-state index contributed by atoms with van der Waals surface area (Å²) in [6, 6.07) is 19.1. The lowest BCUT2D eigenvalue weighted by molar-refractivity contribution is -0.114. The van der Waals surface area contributed by atoms with Crippen LogP contribution in [0.2, 0.25) is 48.8 Å². The predicted molar refractivity (Wildman–Crippen MR) is 236 cm³/mol. The van der Waals surface area contributed by atoms with Crippen molar-refractivity contribution in [2.75, 3.05) is 33.0 Å². The van der Waals surface area contributed by atoms with Gasteiger partial charge in [0, 0.05) is 33.3 Å². The zero-order valence-corrected chi connectivity index (χ0v) is 38.7. The second-order valence-electron chi connectivity index (χ2n) is 18.7. The van der Waals surface area contributed by atoms with Crippen molar-refractivity contribution in [2.24, 2.45) is 0 Å². The summed E-state index contributed by atoms with van der Waals surface area (Å²) in [6.45, 7) is 19.4. The van der Waals surface area contributed by atoms with Crippen LogP contribution in [0.15, 0.2) is 54.6 Å². The van der Waals surface area contributed by atoms with Crippen LogP contribution in [0.25, 0.3) is 33.5 Å². The zero-order valence-electron chi connectivity index (χ0n) is 36.0. The van der Waals surface area contributed by atoms with E-state index in [1.54, 1.807) is 0 Å². The fraction of sp³-hybridized carbons (Fsp3) is 0.581. The number of imidazole rings is 1. The molecule has 17 heteroatoms. The Hall–Kier alpha value is -2.82. The number of hydrogen-bond donors (Lipinski definition) is 6. The van der Waals surface area contributed by atoms with Crippen LogP contribution in [0.3, 0.4) is 0 Å². The van der Waals surface area contributed by atoms with Gasteiger partial charge in [0.15, 0.2) is 20.1 Å². The second kappa shape index (κ2) is 19.3. The topological polar surface area (TPSA) is 190 Å². The van der Waals surface area contributed by atoms with Crippen molar-refractivity contribution in [3.05, 3.63) is 65.2 Å². The number of pyridine rings is 1. The maximum absolute atomic E-state index is 10.2. The summed E-state index contributed by atoms with van der Waals surface area (Å²) in [7, 11) is -3.37. The number of aliphatic hydroxyl groups excluding tert-OH is 5. The number of aromatic nitrogens is 3. The van der Waals surface area contributed by atoms with Gasteiger partial charge in [0.05, 0.1) is 48.3 Å². The number of benzene rings is 2. The van der Waals surface area contributed by atoms with E-state index in [9.17, 15) is 20.4 Å². The first-order chi connectivity index (χ1) is 28.3. The van der Waals surface area contributed by atoms with E-state index >= 15 is 0 Å². The third kappa shape index (κ3) is 11.0. The van der Waals surface area contributed by atoms with Gasteiger partial charge in [-0.05, 0) is 46.9 Å². The van der Waals surface area contributed by atoms with Crippen molar-refractivity contribution in [3.63, 3.8) is 0 Å². The van der Waals surface area contributed by atoms with Crippen molar-refractivity contribution in [3.8, 4) is 28.4 Å². The molecular formula is C43H63ClN4O10Si2. The Balaban J connectivity index is 1.15. The van der Waals surface area contributed by atoms with E-state index < -0.39 is 53.5 Å². The summed E-state index contributed by atoms with van der Waals surface area (Å²) in [5.74, 6) is 0. The van der Waals surface area contributed by atoms with Gasteiger partial charge in [-0.2, -0.15) is 4.98 Å². The fourth-order valence-electron chi connectivity index (χ4n) is 6.96. The van der Waals surface area contributed by atoms with E-state index in [1.807, 2.05) is 59.2 Å². The third-order valence-corrected chi connectivity index (χ3v) is 18.3. The fourth-order valence-corrected chi connectivity index (χ4v) is 9.29. The molecule has 0 spiro atoms. The van der Waals surface area contributed by atoms with Crippen LogP contribution >= 0.6 is 11.6 Å². The van der Waals surface area contributed by atoms with Crippen LogP contribution in [-0.4, -0.2) is 138 Å². The van der Waals surface area contributed by atoms with Crippen molar-refractivity contribution < 1.29 is 48.9 Å². The summed E-state index contributed by atoms with van der Waals surface area (Å²) in [5.41, 5.74) is 5.52. The van der Waals surface area contributed by atoms with Crippen LogP contribution in [0.5, 0.6) is 6.01 Å². The first kappa shape index (κ1) is 46.7. The molecule has 2 saturated heterocycles. The smallest absolute Gasteiger partial charge is 0.301 e. The van der Waals surface area contributed by atoms with Crippen LogP contribution in [0, 0.1) is 0 Å². The molecule has 4 heterocycles. The molecule has 2 aliphatic rings. The Kier molecular flexibility index (Phi) is 15.0. The lowest BCUT2D eigenvalue weighted by Gasteiger charge is -2.39. The van der Waals surface area contributed by atoms with Gasteiger partial charge in [0.1, 0.15) is 37.3 Å². The highest BCUT2D eigenvalue weighted by Gasteiger charge is 2.52. The van der Waals surface area contributed by atoms with Gasteiger partial charge in [-0.25, -0.2) is 4.98 Å². The third-order valence-electron chi connectivity index (χ3n) is 11.8. The average molecular weight is 888 g/mol. The number of fused-ring (bicyclic) bond motifs is 2. The van der Waals surface area contributed by atoms with Gasteiger partial charge in [0.2, 0.25) is 0 Å². The molecule has 0 bridgehead atoms. The molecule has 0 saturated carbocycles. The molecule has 0 aliphatic carbocycles. The number of aliphatic hydroxyl groups is 5. The summed E-state index contributed by atoms with van der Waals surface area (Å²) in [5, 5.41) is 52.1. The van der Waals surface area contributed by atoms with Gasteiger partial charge >= 0.3 is 6.01 Å². The SMILES string of the molecule is CC(C)(C)[Si](C)(C)OC1CO[C@H]2[C@@H]1OC[C@H]2Oc1nc2nc(-c3ccc(-c4ccc(CNC[C@H](O)[C@@H](O)[C@H](O)[C@H](O)CO)cc4)cc3)c(Cl)cc2n1COCC[Si](C)(C)C. The minimum atomic E-state index is -2.05. The Morgan fingerprint density at radius 1 is 0.850 bits per heavy atom. The van der Waals surface area contributed by atoms with Crippen molar-refractivity contribution in [1.82, 2.24) is 19.9 Å². The Labute approximate surface area is 359 Å². The lowest BCUT2D eigenvalue weighted by atomic mass is 10.0. The number of nitrogens with zero attached hydrogens (tertiary/aromatic N) is 3. The van der Waals surface area contributed by atoms with Crippen LogP contribution < -0.4 is 10.1 Å². The van der Waals surface area contributed by atoms with Crippen molar-refractivity contribution in [1.29, 1.82) is 0 Å². The molecule has 14 nitrogen and oxygen atoms in total. The first-order valence-corrected chi connectivity index (χ1v) is 27.7. The lowest BCUT2D eigenvalue weighted by Crippen LogP contribution is -2.48. The monoisotopic (exact) mass is 886 g/mol. The van der Waals surface area contributed by atoms with E-state index in [2.05, 4.69) is 58.8 Å². The summed E-state index contributed by atoms with van der Waals surface area (Å²) < 4.78 is 34.0. The quantitative estimate of drug-likeness (QED) is 0.0534. The normalized spacial score (nSPS) is 21.9. The van der Waals surface area contributed by atoms with Gasteiger partial charge in [-0.1, -0.05) is 101 Å². The molecular weight excluding hydrogens is 824 g/mol. The minimum Gasteiger partial charge on any atom is -0.456 e. The van der Waals surface area contributed by atoms with E-state index in [0.29, 0.717) is 54.3 Å². The zero-order chi connectivity index (χ0) is 43.6. The molecule has 6 N–H and O–H groups in total. The van der Waals surface area contributed by atoms with E-state index in [-0.39, 0.29) is 36.6 Å². The molecule has 60 heavy (non-hydrogen) atoms. The molecule has 2 fully saturated rings. The highest BCUT2D eigenvalue weighted by atomic mass is 35.5. The van der Waals surface area contributed by atoms with Crippen molar-refractivity contribution in [2.45, 2.75) is 127 Å². The Bertz CT molecular complexity index is 2030. The van der Waals surface area contributed by atoms with Gasteiger partial charge < -0.3 is 54.2 Å². The average Bonchev–Trinajstić information content (AvgIpc) is 3.89. The second-order valence-corrected chi connectivity index (χ2v) is 29.5. The Morgan fingerprint density at radius 2 is 1.43 bits per heavy atom. The molecule has 4 aromatic rings. The van der Waals surface area contributed by atoms with Crippen LogP contribution in [0.1, 0.15) is 26.3 Å². The maximum Gasteiger partial charge on any atom is 0.301 e. The van der Waals surface area contributed by atoms with E-state index in [4.69, 9.17) is 50.0 Å². The predicted octanol–water partition coefficient (Wildman–Crippen LogP) is 5.19. The van der Waals surface area contributed by atoms with Gasteiger partial charge in [-0.3, -0.25) is 4.57 Å². The number of halogens is 1. The number of hydrogen-bond acceptors (Lipinski definition) is 13. The number of rotatable bonds is 19.